The number of ether oxygens (including phenoxy) is 1. The van der Waals surface area contributed by atoms with Crippen molar-refractivity contribution in [3.8, 4) is 0 Å². The Kier molecular flexibility index (Phi) is 6.79. The van der Waals surface area contributed by atoms with Gasteiger partial charge in [0.05, 0.1) is 6.61 Å². The summed E-state index contributed by atoms with van der Waals surface area (Å²) in [5.74, 6) is 0. The van der Waals surface area contributed by atoms with E-state index in [4.69, 9.17) is 16.2 Å². The van der Waals surface area contributed by atoms with Gasteiger partial charge in [-0.1, -0.05) is 44.0 Å². The number of nitrogens with one attached hydrogen (secondary N) is 1. The van der Waals surface area contributed by atoms with E-state index >= 15 is 0 Å². The van der Waals surface area contributed by atoms with Crippen molar-refractivity contribution >= 4 is 0 Å². The van der Waals surface area contributed by atoms with Gasteiger partial charge in [0.1, 0.15) is 12.5 Å². The van der Waals surface area contributed by atoms with Crippen LogP contribution < -0.4 is 16.8 Å². The lowest BCUT2D eigenvalue weighted by Gasteiger charge is -2.33. The maximum Gasteiger partial charge on any atom is 0.134 e. The number of fused-ring (bicyclic) bond motifs is 1. The molecule has 1 aromatic rings. The fourth-order valence-corrected chi connectivity index (χ4v) is 2.84. The van der Waals surface area contributed by atoms with Gasteiger partial charge in [0, 0.05) is 12.6 Å². The summed E-state index contributed by atoms with van der Waals surface area (Å²) in [5, 5.41) is 3.64. The Morgan fingerprint density at radius 3 is 2.86 bits per heavy atom. The van der Waals surface area contributed by atoms with Gasteiger partial charge in [-0.05, 0) is 31.0 Å². The highest BCUT2D eigenvalue weighted by atomic mass is 16.5. The topological polar surface area (TPSA) is 76.5 Å². The number of benzene rings is 1. The molecule has 0 radical (unpaired) electrons. The molecule has 0 aliphatic carbocycles. The zero-order chi connectivity index (χ0) is 15.9. The van der Waals surface area contributed by atoms with E-state index in [1.165, 1.54) is 30.4 Å². The largest absolute Gasteiger partial charge is 0.358 e. The van der Waals surface area contributed by atoms with Crippen LogP contribution in [0.5, 0.6) is 0 Å². The average molecular weight is 306 g/mol. The minimum absolute atomic E-state index is 0.0331. The standard InChI is InChI=1S/C17H30N4O/c1-3-4-8-14-12-13-7-5-6-9-15(13)16(20-14)22-11-10-21(2)17(18)19/h5-7,9,14,16-17,20H,3-4,8,10-12,18-19H2,1-2H3. The molecule has 22 heavy (non-hydrogen) atoms. The molecule has 5 heteroatoms. The highest BCUT2D eigenvalue weighted by Gasteiger charge is 2.26. The Balaban J connectivity index is 1.96. The van der Waals surface area contributed by atoms with Crippen LogP contribution >= 0.6 is 0 Å². The first-order valence-corrected chi connectivity index (χ1v) is 8.28. The maximum atomic E-state index is 6.08. The molecule has 2 rings (SSSR count). The fourth-order valence-electron chi connectivity index (χ4n) is 2.84. The third kappa shape index (κ3) is 4.76. The number of nitrogens with zero attached hydrogens (tertiary/aromatic N) is 1. The van der Waals surface area contributed by atoms with E-state index in [0.717, 1.165) is 13.0 Å². The van der Waals surface area contributed by atoms with Crippen LogP contribution in [0, 0.1) is 0 Å². The normalized spacial score (nSPS) is 21.4. The van der Waals surface area contributed by atoms with Crippen molar-refractivity contribution in [1.29, 1.82) is 0 Å². The maximum absolute atomic E-state index is 6.08. The van der Waals surface area contributed by atoms with Crippen LogP contribution in [0.3, 0.4) is 0 Å². The Bertz CT molecular complexity index is 452. The third-order valence-electron chi connectivity index (χ3n) is 4.33. The first-order valence-electron chi connectivity index (χ1n) is 8.28. The Labute approximate surface area is 134 Å². The lowest BCUT2D eigenvalue weighted by atomic mass is 9.92. The predicted octanol–water partition coefficient (Wildman–Crippen LogP) is 1.54. The molecule has 1 aromatic carbocycles. The number of hydrogen-bond donors (Lipinski definition) is 3. The van der Waals surface area contributed by atoms with Gasteiger partial charge in [0.2, 0.25) is 0 Å². The van der Waals surface area contributed by atoms with Gasteiger partial charge in [0.15, 0.2) is 0 Å². The van der Waals surface area contributed by atoms with E-state index in [0.29, 0.717) is 12.6 Å². The van der Waals surface area contributed by atoms with Gasteiger partial charge in [0.25, 0.3) is 0 Å². The van der Waals surface area contributed by atoms with Crippen molar-refractivity contribution in [2.45, 2.75) is 51.2 Å². The molecule has 0 fully saturated rings. The van der Waals surface area contributed by atoms with Crippen LogP contribution in [0.25, 0.3) is 0 Å². The first-order chi connectivity index (χ1) is 10.6. The summed E-state index contributed by atoms with van der Waals surface area (Å²) in [6.07, 6.45) is 4.28. The van der Waals surface area contributed by atoms with E-state index < -0.39 is 6.29 Å². The zero-order valence-corrected chi connectivity index (χ0v) is 13.8. The number of unbranched alkanes of at least 4 members (excludes halogenated alkanes) is 1. The summed E-state index contributed by atoms with van der Waals surface area (Å²) in [7, 11) is 1.90. The molecule has 2 unspecified atom stereocenters. The smallest absolute Gasteiger partial charge is 0.134 e. The van der Waals surface area contributed by atoms with Crippen LogP contribution in [0.1, 0.15) is 43.5 Å². The van der Waals surface area contributed by atoms with Gasteiger partial charge in [-0.2, -0.15) is 0 Å². The molecule has 1 aliphatic heterocycles. The van der Waals surface area contributed by atoms with Crippen LogP contribution in [0.2, 0.25) is 0 Å². The Hall–Kier alpha value is -0.980. The molecule has 0 spiro atoms. The van der Waals surface area contributed by atoms with Gasteiger partial charge in [-0.15, -0.1) is 0 Å². The monoisotopic (exact) mass is 306 g/mol. The second-order valence-electron chi connectivity index (χ2n) is 6.13. The first kappa shape index (κ1) is 17.4. The van der Waals surface area contributed by atoms with Gasteiger partial charge in [-0.25, -0.2) is 0 Å². The highest BCUT2D eigenvalue weighted by molar-refractivity contribution is 5.32. The summed E-state index contributed by atoms with van der Waals surface area (Å²) >= 11 is 0. The molecule has 124 valence electrons. The van der Waals surface area contributed by atoms with Gasteiger partial charge in [-0.3, -0.25) is 10.2 Å². The molecule has 0 amide bonds. The number of likely N-dealkylation sites (N-methyl/N-ethyl adjacent to an activating group) is 1. The third-order valence-corrected chi connectivity index (χ3v) is 4.33. The zero-order valence-electron chi connectivity index (χ0n) is 13.8. The summed E-state index contributed by atoms with van der Waals surface area (Å²) < 4.78 is 6.08. The van der Waals surface area contributed by atoms with E-state index in [2.05, 4.69) is 36.5 Å². The summed E-state index contributed by atoms with van der Waals surface area (Å²) in [5.41, 5.74) is 13.9. The molecule has 0 saturated heterocycles. The lowest BCUT2D eigenvalue weighted by molar-refractivity contribution is 0.000704. The van der Waals surface area contributed by atoms with Gasteiger partial charge >= 0.3 is 0 Å². The van der Waals surface area contributed by atoms with E-state index in [9.17, 15) is 0 Å². The van der Waals surface area contributed by atoms with Crippen molar-refractivity contribution < 1.29 is 4.74 Å². The van der Waals surface area contributed by atoms with Crippen molar-refractivity contribution in [2.75, 3.05) is 20.2 Å². The second-order valence-corrected chi connectivity index (χ2v) is 6.13. The number of nitrogens with two attached hydrogens (primary N) is 2. The molecule has 5 N–H and O–H groups in total. The summed E-state index contributed by atoms with van der Waals surface area (Å²) in [4.78, 5) is 1.88. The molecule has 1 heterocycles. The fraction of sp³-hybridized carbons (Fsp3) is 0.647. The Morgan fingerprint density at radius 2 is 2.14 bits per heavy atom. The van der Waals surface area contributed by atoms with Crippen molar-refractivity contribution in [2.24, 2.45) is 11.5 Å². The summed E-state index contributed by atoms with van der Waals surface area (Å²) in [6.45, 7) is 3.56. The van der Waals surface area contributed by atoms with Crippen molar-refractivity contribution in [3.63, 3.8) is 0 Å². The van der Waals surface area contributed by atoms with Crippen LogP contribution in [-0.2, 0) is 11.2 Å². The number of hydrogen-bond acceptors (Lipinski definition) is 5. The van der Waals surface area contributed by atoms with E-state index in [-0.39, 0.29) is 6.23 Å². The minimum atomic E-state index is -0.437. The molecule has 5 nitrogen and oxygen atoms in total. The Morgan fingerprint density at radius 1 is 1.36 bits per heavy atom. The van der Waals surface area contributed by atoms with Crippen molar-refractivity contribution in [3.05, 3.63) is 35.4 Å². The molecule has 1 aliphatic rings. The van der Waals surface area contributed by atoms with E-state index in [1.54, 1.807) is 0 Å². The quantitative estimate of drug-likeness (QED) is 0.635. The van der Waals surface area contributed by atoms with E-state index in [1.807, 2.05) is 11.9 Å². The predicted molar refractivity (Wildman–Crippen MR) is 90.1 cm³/mol. The lowest BCUT2D eigenvalue weighted by Crippen LogP contribution is -2.48. The molecule has 0 aromatic heterocycles. The highest BCUT2D eigenvalue weighted by Crippen LogP contribution is 2.27. The van der Waals surface area contributed by atoms with Crippen LogP contribution in [-0.4, -0.2) is 37.4 Å². The average Bonchev–Trinajstić information content (AvgIpc) is 2.52. The molecular formula is C17H30N4O. The van der Waals surface area contributed by atoms with Gasteiger partial charge < -0.3 is 16.2 Å². The molecule has 0 bridgehead atoms. The minimum Gasteiger partial charge on any atom is -0.358 e. The molecular weight excluding hydrogens is 276 g/mol. The van der Waals surface area contributed by atoms with Crippen molar-refractivity contribution in [1.82, 2.24) is 10.2 Å². The second kappa shape index (κ2) is 8.60. The van der Waals surface area contributed by atoms with Crippen LogP contribution in [0.15, 0.2) is 24.3 Å². The molecule has 2 atom stereocenters. The number of rotatable bonds is 8. The van der Waals surface area contributed by atoms with Crippen LogP contribution in [0.4, 0.5) is 0 Å². The SMILES string of the molecule is CCCCC1Cc2ccccc2C(OCCN(C)C(N)N)N1. The molecule has 0 saturated carbocycles. The summed E-state index contributed by atoms with van der Waals surface area (Å²) in [6, 6.07) is 9.05.